The molecule has 1 N–H and O–H groups in total. The zero-order valence-electron chi connectivity index (χ0n) is 16.4. The van der Waals surface area contributed by atoms with E-state index >= 15 is 0 Å². The summed E-state index contributed by atoms with van der Waals surface area (Å²) in [6.45, 7) is 0.349. The van der Waals surface area contributed by atoms with Gasteiger partial charge in [0.1, 0.15) is 6.61 Å². The van der Waals surface area contributed by atoms with E-state index in [9.17, 15) is 9.18 Å². The third kappa shape index (κ3) is 3.99. The van der Waals surface area contributed by atoms with Crippen molar-refractivity contribution in [3.8, 4) is 28.7 Å². The molecule has 0 bridgehead atoms. The van der Waals surface area contributed by atoms with E-state index in [1.165, 1.54) is 30.4 Å². The number of hydrogen-bond acceptors (Lipinski definition) is 3. The predicted octanol–water partition coefficient (Wildman–Crippen LogP) is 4.72. The first-order valence-corrected chi connectivity index (χ1v) is 9.58. The van der Waals surface area contributed by atoms with Crippen LogP contribution in [-0.2, 0) is 4.74 Å². The van der Waals surface area contributed by atoms with Crippen LogP contribution in [0.4, 0.5) is 9.18 Å². The zero-order valence-corrected chi connectivity index (χ0v) is 16.4. The summed E-state index contributed by atoms with van der Waals surface area (Å²) in [6, 6.07) is 20.8. The Morgan fingerprint density at radius 3 is 2.33 bits per heavy atom. The molecule has 0 aromatic heterocycles. The number of halogens is 1. The van der Waals surface area contributed by atoms with E-state index in [0.29, 0.717) is 5.56 Å². The molecule has 3 aromatic rings. The van der Waals surface area contributed by atoms with Crippen molar-refractivity contribution in [1.29, 1.82) is 0 Å². The van der Waals surface area contributed by atoms with E-state index in [2.05, 4.69) is 41.4 Å². The highest BCUT2D eigenvalue weighted by Gasteiger charge is 2.28. The fourth-order valence-corrected chi connectivity index (χ4v) is 3.66. The molecular formula is C25H20FNO3. The molecular weight excluding hydrogens is 381 g/mol. The average molecular weight is 401 g/mol. The van der Waals surface area contributed by atoms with Crippen molar-refractivity contribution in [3.05, 3.63) is 89.2 Å². The van der Waals surface area contributed by atoms with Crippen LogP contribution < -0.4 is 10.1 Å². The third-order valence-corrected chi connectivity index (χ3v) is 5.05. The van der Waals surface area contributed by atoms with Crippen molar-refractivity contribution in [2.75, 3.05) is 20.3 Å². The molecule has 0 saturated heterocycles. The van der Waals surface area contributed by atoms with Gasteiger partial charge in [-0.1, -0.05) is 60.4 Å². The molecule has 30 heavy (non-hydrogen) atoms. The Morgan fingerprint density at radius 1 is 1.03 bits per heavy atom. The number of rotatable bonds is 4. The fraction of sp³-hybridized carbons (Fsp3) is 0.160. The number of amides is 1. The van der Waals surface area contributed by atoms with Crippen LogP contribution in [0.25, 0.3) is 11.1 Å². The van der Waals surface area contributed by atoms with E-state index in [4.69, 9.17) is 9.47 Å². The Kier molecular flexibility index (Phi) is 5.67. The van der Waals surface area contributed by atoms with Crippen LogP contribution in [0, 0.1) is 17.7 Å². The maximum Gasteiger partial charge on any atom is 0.407 e. The lowest BCUT2D eigenvalue weighted by Crippen LogP contribution is -2.26. The van der Waals surface area contributed by atoms with E-state index < -0.39 is 11.9 Å². The summed E-state index contributed by atoms with van der Waals surface area (Å²) in [6.07, 6.45) is -0.535. The van der Waals surface area contributed by atoms with Gasteiger partial charge >= 0.3 is 6.09 Å². The topological polar surface area (TPSA) is 47.6 Å². The highest BCUT2D eigenvalue weighted by molar-refractivity contribution is 5.79. The summed E-state index contributed by atoms with van der Waals surface area (Å²) < 4.78 is 24.0. The maximum absolute atomic E-state index is 13.7. The number of alkyl carbamates (subject to hydrolysis) is 1. The minimum atomic E-state index is -0.535. The number of fused-ring (bicyclic) bond motifs is 3. The molecule has 0 fully saturated rings. The van der Waals surface area contributed by atoms with Crippen molar-refractivity contribution in [2.45, 2.75) is 5.92 Å². The number of methoxy groups -OCH3 is 1. The summed E-state index contributed by atoms with van der Waals surface area (Å²) in [5.74, 6) is 5.28. The summed E-state index contributed by atoms with van der Waals surface area (Å²) in [5, 5.41) is 2.61. The normalized spacial score (nSPS) is 11.7. The van der Waals surface area contributed by atoms with Gasteiger partial charge in [0.05, 0.1) is 13.7 Å². The zero-order chi connectivity index (χ0) is 20.9. The number of carbonyl (C=O) groups is 1. The fourth-order valence-electron chi connectivity index (χ4n) is 3.66. The van der Waals surface area contributed by atoms with Crippen LogP contribution in [0.15, 0.2) is 66.7 Å². The van der Waals surface area contributed by atoms with E-state index in [-0.39, 0.29) is 24.8 Å². The first kappa shape index (κ1) is 19.5. The van der Waals surface area contributed by atoms with E-state index in [0.717, 1.165) is 11.1 Å². The number of ether oxygens (including phenoxy) is 2. The highest BCUT2D eigenvalue weighted by Crippen LogP contribution is 2.44. The molecule has 0 spiro atoms. The minimum Gasteiger partial charge on any atom is -0.494 e. The smallest absolute Gasteiger partial charge is 0.407 e. The minimum absolute atomic E-state index is 0.0107. The van der Waals surface area contributed by atoms with E-state index in [1.54, 1.807) is 6.07 Å². The Hall–Kier alpha value is -3.78. The van der Waals surface area contributed by atoms with Crippen LogP contribution in [0.5, 0.6) is 5.75 Å². The number of nitrogens with one attached hydrogen (secondary N) is 1. The maximum atomic E-state index is 13.7. The molecule has 0 radical (unpaired) electrons. The lowest BCUT2D eigenvalue weighted by atomic mass is 9.98. The standard InChI is InChI=1S/C25H20FNO3/c1-29-24-13-12-17(15-23(24)26)7-6-14-27-25(28)30-16-22-20-10-4-2-8-18(20)19-9-3-5-11-21(19)22/h2-5,8-13,15,22H,14,16H2,1H3,(H,27,28). The Bertz CT molecular complexity index is 1100. The van der Waals surface area contributed by atoms with Crippen molar-refractivity contribution in [3.63, 3.8) is 0 Å². The summed E-state index contributed by atoms with van der Waals surface area (Å²) in [5.41, 5.74) is 5.18. The lowest BCUT2D eigenvalue weighted by molar-refractivity contribution is 0.144. The summed E-state index contributed by atoms with van der Waals surface area (Å²) in [4.78, 5) is 12.1. The van der Waals surface area contributed by atoms with Crippen molar-refractivity contribution < 1.29 is 18.7 Å². The van der Waals surface area contributed by atoms with Gasteiger partial charge in [0.25, 0.3) is 0 Å². The largest absolute Gasteiger partial charge is 0.494 e. The quantitative estimate of drug-likeness (QED) is 0.644. The van der Waals surface area contributed by atoms with Crippen LogP contribution in [0.3, 0.4) is 0 Å². The van der Waals surface area contributed by atoms with Gasteiger partial charge in [0.2, 0.25) is 0 Å². The summed E-state index contributed by atoms with van der Waals surface area (Å²) >= 11 is 0. The van der Waals surface area contributed by atoms with Gasteiger partial charge < -0.3 is 14.8 Å². The van der Waals surface area contributed by atoms with Gasteiger partial charge in [-0.2, -0.15) is 0 Å². The van der Waals surface area contributed by atoms with Crippen molar-refractivity contribution in [1.82, 2.24) is 5.32 Å². The molecule has 0 unspecified atom stereocenters. The second-order valence-electron chi connectivity index (χ2n) is 6.83. The number of hydrogen-bond donors (Lipinski definition) is 1. The first-order valence-electron chi connectivity index (χ1n) is 9.58. The van der Waals surface area contributed by atoms with Gasteiger partial charge in [-0.3, -0.25) is 0 Å². The van der Waals surface area contributed by atoms with Gasteiger partial charge in [-0.25, -0.2) is 9.18 Å². The number of carbonyl (C=O) groups excluding carboxylic acids is 1. The Labute approximate surface area is 174 Å². The molecule has 4 rings (SSSR count). The first-order chi connectivity index (χ1) is 14.7. The van der Waals surface area contributed by atoms with Crippen LogP contribution in [-0.4, -0.2) is 26.4 Å². The van der Waals surface area contributed by atoms with Gasteiger partial charge in [0, 0.05) is 11.5 Å². The van der Waals surface area contributed by atoms with Crippen LogP contribution in [0.2, 0.25) is 0 Å². The summed E-state index contributed by atoms with van der Waals surface area (Å²) in [7, 11) is 1.40. The van der Waals surface area contributed by atoms with Gasteiger partial charge in [0.15, 0.2) is 11.6 Å². The molecule has 0 heterocycles. The molecule has 0 aliphatic heterocycles. The molecule has 1 aliphatic rings. The number of benzene rings is 3. The molecule has 3 aromatic carbocycles. The predicted molar refractivity (Wildman–Crippen MR) is 113 cm³/mol. The second kappa shape index (κ2) is 8.71. The average Bonchev–Trinajstić information content (AvgIpc) is 3.09. The van der Waals surface area contributed by atoms with E-state index in [1.807, 2.05) is 24.3 Å². The monoisotopic (exact) mass is 401 g/mol. The highest BCUT2D eigenvalue weighted by atomic mass is 19.1. The SMILES string of the molecule is COc1ccc(C#CCNC(=O)OCC2c3ccccc3-c3ccccc32)cc1F. The Balaban J connectivity index is 1.33. The third-order valence-electron chi connectivity index (χ3n) is 5.05. The lowest BCUT2D eigenvalue weighted by Gasteiger charge is -2.14. The molecule has 0 atom stereocenters. The van der Waals surface area contributed by atoms with Crippen LogP contribution in [0.1, 0.15) is 22.6 Å². The second-order valence-corrected chi connectivity index (χ2v) is 6.83. The van der Waals surface area contributed by atoms with Crippen molar-refractivity contribution in [2.24, 2.45) is 0 Å². The molecule has 5 heteroatoms. The molecule has 150 valence electrons. The Morgan fingerprint density at radius 2 is 1.70 bits per heavy atom. The van der Waals surface area contributed by atoms with Crippen LogP contribution >= 0.6 is 0 Å². The van der Waals surface area contributed by atoms with Gasteiger partial charge in [-0.05, 0) is 40.5 Å². The molecule has 1 amide bonds. The molecule has 0 saturated carbocycles. The van der Waals surface area contributed by atoms with Crippen molar-refractivity contribution >= 4 is 6.09 Å². The van der Waals surface area contributed by atoms with Gasteiger partial charge in [-0.15, -0.1) is 0 Å². The molecule has 1 aliphatic carbocycles. The molecule has 4 nitrogen and oxygen atoms in total.